The van der Waals surface area contributed by atoms with E-state index < -0.39 is 23.4 Å². The number of carbonyl (C=O) groups is 2. The number of amides is 1. The number of halogens is 1. The zero-order chi connectivity index (χ0) is 19.8. The molecule has 0 saturated heterocycles. The highest BCUT2D eigenvalue weighted by Crippen LogP contribution is 2.27. The van der Waals surface area contributed by atoms with Crippen molar-refractivity contribution in [3.8, 4) is 5.75 Å². The van der Waals surface area contributed by atoms with Gasteiger partial charge in [0.1, 0.15) is 10.8 Å². The van der Waals surface area contributed by atoms with Crippen LogP contribution in [0.2, 0.25) is 5.02 Å². The third-order valence-electron chi connectivity index (χ3n) is 3.48. The molecule has 0 aromatic heterocycles. The third kappa shape index (κ3) is 6.27. The van der Waals surface area contributed by atoms with Crippen LogP contribution >= 0.6 is 11.6 Å². The number of nitro benzene ring substituents is 1. The Balaban J connectivity index is 1.78. The lowest BCUT2D eigenvalue weighted by Gasteiger charge is -2.08. The molecule has 0 atom stereocenters. The fraction of sp³-hybridized carbons (Fsp3) is 0.222. The van der Waals surface area contributed by atoms with Crippen LogP contribution in [0.4, 0.5) is 11.4 Å². The van der Waals surface area contributed by atoms with Crippen molar-refractivity contribution in [2.75, 3.05) is 18.5 Å². The van der Waals surface area contributed by atoms with Gasteiger partial charge in [0, 0.05) is 11.8 Å². The maximum atomic E-state index is 11.8. The van der Waals surface area contributed by atoms with Crippen molar-refractivity contribution >= 4 is 34.9 Å². The minimum absolute atomic E-state index is 0.0476. The first-order valence-electron chi connectivity index (χ1n) is 8.00. The molecule has 0 aliphatic heterocycles. The van der Waals surface area contributed by atoms with Crippen molar-refractivity contribution in [3.63, 3.8) is 0 Å². The summed E-state index contributed by atoms with van der Waals surface area (Å²) in [7, 11) is 0. The predicted octanol–water partition coefficient (Wildman–Crippen LogP) is 3.37. The van der Waals surface area contributed by atoms with Crippen molar-refractivity contribution in [1.29, 1.82) is 0 Å². The Bertz CT molecular complexity index is 838. The van der Waals surface area contributed by atoms with Crippen molar-refractivity contribution in [2.24, 2.45) is 0 Å². The number of aryl methyl sites for hydroxylation is 1. The zero-order valence-corrected chi connectivity index (χ0v) is 15.2. The van der Waals surface area contributed by atoms with E-state index >= 15 is 0 Å². The highest BCUT2D eigenvalue weighted by atomic mass is 35.5. The van der Waals surface area contributed by atoms with Gasteiger partial charge in [0.2, 0.25) is 0 Å². The van der Waals surface area contributed by atoms with Crippen LogP contribution in [0.25, 0.3) is 0 Å². The molecule has 27 heavy (non-hydrogen) atoms. The van der Waals surface area contributed by atoms with Crippen molar-refractivity contribution in [1.82, 2.24) is 0 Å². The number of rotatable bonds is 8. The summed E-state index contributed by atoms with van der Waals surface area (Å²) in [5, 5.41) is 13.2. The molecule has 0 unspecified atom stereocenters. The second-order valence-corrected chi connectivity index (χ2v) is 5.83. The fourth-order valence-electron chi connectivity index (χ4n) is 2.08. The van der Waals surface area contributed by atoms with E-state index in [1.54, 1.807) is 12.1 Å². The second-order valence-electron chi connectivity index (χ2n) is 5.42. The molecule has 0 heterocycles. The first kappa shape index (κ1) is 20.2. The highest BCUT2D eigenvalue weighted by molar-refractivity contribution is 6.32. The molecule has 2 aromatic rings. The summed E-state index contributed by atoms with van der Waals surface area (Å²) >= 11 is 5.70. The average molecular weight is 393 g/mol. The number of benzene rings is 2. The number of carbonyl (C=O) groups excluding carboxylic acids is 2. The summed E-state index contributed by atoms with van der Waals surface area (Å²) in [4.78, 5) is 33.6. The second kappa shape index (κ2) is 9.54. The SMILES string of the molecule is CCc1ccc(OCC(=O)OCC(=O)Nc2ccc(Cl)c([N+](=O)[O-])c2)cc1. The minimum Gasteiger partial charge on any atom is -0.482 e. The number of nitro groups is 1. The number of ether oxygens (including phenoxy) is 2. The van der Waals surface area contributed by atoms with E-state index in [9.17, 15) is 19.7 Å². The molecule has 0 fully saturated rings. The molecule has 9 heteroatoms. The van der Waals surface area contributed by atoms with Crippen molar-refractivity contribution < 1.29 is 24.0 Å². The molecule has 0 radical (unpaired) electrons. The average Bonchev–Trinajstić information content (AvgIpc) is 2.66. The van der Waals surface area contributed by atoms with Crippen LogP contribution in [0.1, 0.15) is 12.5 Å². The van der Waals surface area contributed by atoms with E-state index in [2.05, 4.69) is 5.32 Å². The molecular formula is C18H17ClN2O6. The maximum absolute atomic E-state index is 11.8. The normalized spacial score (nSPS) is 10.1. The van der Waals surface area contributed by atoms with Gasteiger partial charge in [-0.25, -0.2) is 4.79 Å². The van der Waals surface area contributed by atoms with Crippen LogP contribution in [0, 0.1) is 10.1 Å². The fourth-order valence-corrected chi connectivity index (χ4v) is 2.27. The molecule has 1 amide bonds. The summed E-state index contributed by atoms with van der Waals surface area (Å²) in [5.41, 5.74) is 0.970. The molecule has 1 N–H and O–H groups in total. The van der Waals surface area contributed by atoms with E-state index in [4.69, 9.17) is 21.1 Å². The smallest absolute Gasteiger partial charge is 0.344 e. The van der Waals surface area contributed by atoms with Crippen LogP contribution < -0.4 is 10.1 Å². The summed E-state index contributed by atoms with van der Waals surface area (Å²) in [6, 6.07) is 11.1. The van der Waals surface area contributed by atoms with Gasteiger partial charge in [0.25, 0.3) is 11.6 Å². The van der Waals surface area contributed by atoms with E-state index in [0.29, 0.717) is 5.75 Å². The monoisotopic (exact) mass is 392 g/mol. The van der Waals surface area contributed by atoms with Crippen molar-refractivity contribution in [3.05, 3.63) is 63.2 Å². The Morgan fingerprint density at radius 1 is 1.15 bits per heavy atom. The van der Waals surface area contributed by atoms with E-state index in [1.807, 2.05) is 19.1 Å². The highest BCUT2D eigenvalue weighted by Gasteiger charge is 2.15. The van der Waals surface area contributed by atoms with Crippen LogP contribution in [0.5, 0.6) is 5.75 Å². The lowest BCUT2D eigenvalue weighted by Crippen LogP contribution is -2.23. The molecule has 2 rings (SSSR count). The van der Waals surface area contributed by atoms with Crippen LogP contribution in [0.15, 0.2) is 42.5 Å². The Hall–Kier alpha value is -3.13. The molecule has 8 nitrogen and oxygen atoms in total. The van der Waals surface area contributed by atoms with Gasteiger partial charge >= 0.3 is 5.97 Å². The van der Waals surface area contributed by atoms with E-state index in [0.717, 1.165) is 18.1 Å². The standard InChI is InChI=1S/C18H17ClN2O6/c1-2-12-3-6-14(7-4-12)26-11-18(23)27-10-17(22)20-13-5-8-15(19)16(9-13)21(24)25/h3-9H,2,10-11H2,1H3,(H,20,22). The molecule has 2 aromatic carbocycles. The summed E-state index contributed by atoms with van der Waals surface area (Å²) in [6.45, 7) is 1.14. The van der Waals surface area contributed by atoms with Crippen LogP contribution in [-0.4, -0.2) is 30.0 Å². The van der Waals surface area contributed by atoms with Gasteiger partial charge in [-0.2, -0.15) is 0 Å². The molecule has 142 valence electrons. The first-order chi connectivity index (χ1) is 12.9. The lowest BCUT2D eigenvalue weighted by atomic mass is 10.2. The Kier molecular flexibility index (Phi) is 7.13. The number of esters is 1. The number of nitrogens with one attached hydrogen (secondary N) is 1. The Morgan fingerprint density at radius 2 is 1.85 bits per heavy atom. The molecule has 0 aliphatic carbocycles. The largest absolute Gasteiger partial charge is 0.482 e. The van der Waals surface area contributed by atoms with Gasteiger partial charge in [-0.05, 0) is 36.2 Å². The summed E-state index contributed by atoms with van der Waals surface area (Å²) in [6.07, 6.45) is 0.897. The Labute approximate surface area is 160 Å². The first-order valence-corrected chi connectivity index (χ1v) is 8.38. The summed E-state index contributed by atoms with van der Waals surface area (Å²) in [5.74, 6) is -0.846. The van der Waals surface area contributed by atoms with Crippen LogP contribution in [-0.2, 0) is 20.7 Å². The number of hydrogen-bond donors (Lipinski definition) is 1. The molecule has 0 aliphatic rings. The predicted molar refractivity (Wildman–Crippen MR) is 99.0 cm³/mol. The maximum Gasteiger partial charge on any atom is 0.344 e. The lowest BCUT2D eigenvalue weighted by molar-refractivity contribution is -0.384. The topological polar surface area (TPSA) is 108 Å². The summed E-state index contributed by atoms with van der Waals surface area (Å²) < 4.78 is 10.1. The van der Waals surface area contributed by atoms with Gasteiger partial charge in [-0.3, -0.25) is 14.9 Å². The zero-order valence-electron chi connectivity index (χ0n) is 14.4. The quantitative estimate of drug-likeness (QED) is 0.419. The van der Waals surface area contributed by atoms with Crippen molar-refractivity contribution in [2.45, 2.75) is 13.3 Å². The van der Waals surface area contributed by atoms with Gasteiger partial charge in [0.05, 0.1) is 4.92 Å². The third-order valence-corrected chi connectivity index (χ3v) is 3.80. The number of nitrogens with zero attached hydrogens (tertiary/aromatic N) is 1. The van der Waals surface area contributed by atoms with Gasteiger partial charge in [-0.1, -0.05) is 30.7 Å². The molecular weight excluding hydrogens is 376 g/mol. The minimum atomic E-state index is -0.716. The molecule has 0 saturated carbocycles. The Morgan fingerprint density at radius 3 is 2.48 bits per heavy atom. The number of anilines is 1. The molecule has 0 spiro atoms. The van der Waals surface area contributed by atoms with Gasteiger partial charge in [-0.15, -0.1) is 0 Å². The van der Waals surface area contributed by atoms with Gasteiger partial charge in [0.15, 0.2) is 13.2 Å². The molecule has 0 bridgehead atoms. The number of hydrogen-bond acceptors (Lipinski definition) is 6. The van der Waals surface area contributed by atoms with Gasteiger partial charge < -0.3 is 14.8 Å². The van der Waals surface area contributed by atoms with Crippen LogP contribution in [0.3, 0.4) is 0 Å². The van der Waals surface area contributed by atoms with E-state index in [-0.39, 0.29) is 23.0 Å². The van der Waals surface area contributed by atoms with E-state index in [1.165, 1.54) is 12.1 Å².